The maximum atomic E-state index is 11.0. The maximum absolute atomic E-state index is 11.0. The second-order valence-corrected chi connectivity index (χ2v) is 3.75. The third kappa shape index (κ3) is 4.92. The predicted molar refractivity (Wildman–Crippen MR) is 66.6 cm³/mol. The summed E-state index contributed by atoms with van der Waals surface area (Å²) in [4.78, 5) is 34.5. The van der Waals surface area contributed by atoms with E-state index in [1.165, 1.54) is 4.90 Å². The fourth-order valence-corrected chi connectivity index (χ4v) is 1.38. The van der Waals surface area contributed by atoms with Crippen molar-refractivity contribution in [2.75, 3.05) is 24.6 Å². The van der Waals surface area contributed by atoms with Crippen LogP contribution in [0.25, 0.3) is 0 Å². The molecule has 1 heterocycles. The first-order valence-corrected chi connectivity index (χ1v) is 5.66. The molecule has 0 aliphatic rings. The molecule has 0 saturated carbocycles. The zero-order valence-corrected chi connectivity index (χ0v) is 10.9. The number of aromatic nitrogens is 3. The number of amides is 2. The van der Waals surface area contributed by atoms with Crippen molar-refractivity contribution in [3.8, 4) is 6.01 Å². The molecule has 0 aliphatic carbocycles. The van der Waals surface area contributed by atoms with Crippen LogP contribution in [0.5, 0.6) is 6.01 Å². The Morgan fingerprint density at radius 1 is 1.21 bits per heavy atom. The Balaban J connectivity index is 3.05. The first-order valence-electron chi connectivity index (χ1n) is 5.28. The third-order valence-corrected chi connectivity index (χ3v) is 1.99. The van der Waals surface area contributed by atoms with E-state index < -0.39 is 11.8 Å². The second-order valence-electron chi connectivity index (χ2n) is 3.41. The number of primary amides is 2. The van der Waals surface area contributed by atoms with E-state index in [1.54, 1.807) is 6.92 Å². The van der Waals surface area contributed by atoms with Crippen molar-refractivity contribution in [2.45, 2.75) is 6.92 Å². The van der Waals surface area contributed by atoms with Crippen molar-refractivity contribution < 1.29 is 14.3 Å². The molecule has 0 unspecified atom stereocenters. The number of halogens is 1. The van der Waals surface area contributed by atoms with Crippen molar-refractivity contribution in [1.82, 2.24) is 15.0 Å². The zero-order chi connectivity index (χ0) is 14.4. The number of anilines is 1. The van der Waals surface area contributed by atoms with E-state index in [4.69, 9.17) is 27.8 Å². The van der Waals surface area contributed by atoms with Crippen LogP contribution in [0.15, 0.2) is 0 Å². The molecule has 10 heteroatoms. The molecule has 0 aliphatic heterocycles. The Kier molecular flexibility index (Phi) is 5.24. The van der Waals surface area contributed by atoms with Gasteiger partial charge in [0.25, 0.3) is 0 Å². The largest absolute Gasteiger partial charge is 0.464 e. The molecule has 104 valence electrons. The van der Waals surface area contributed by atoms with Gasteiger partial charge >= 0.3 is 6.01 Å². The summed E-state index contributed by atoms with van der Waals surface area (Å²) < 4.78 is 5.08. The van der Waals surface area contributed by atoms with Gasteiger partial charge in [-0.05, 0) is 18.5 Å². The molecule has 0 bridgehead atoms. The number of carbonyl (C=O) groups excluding carboxylic acids is 2. The molecule has 0 radical (unpaired) electrons. The van der Waals surface area contributed by atoms with Gasteiger partial charge in [0, 0.05) is 0 Å². The van der Waals surface area contributed by atoms with E-state index in [-0.39, 0.29) is 30.3 Å². The predicted octanol–water partition coefficient (Wildman–Crippen LogP) is -1.30. The maximum Gasteiger partial charge on any atom is 0.322 e. The summed E-state index contributed by atoms with van der Waals surface area (Å²) in [6.45, 7) is 1.50. The Hall–Kier alpha value is -2.16. The lowest BCUT2D eigenvalue weighted by Gasteiger charge is -2.19. The number of carbonyl (C=O) groups is 2. The van der Waals surface area contributed by atoms with Crippen molar-refractivity contribution in [3.05, 3.63) is 5.28 Å². The highest BCUT2D eigenvalue weighted by atomic mass is 35.5. The summed E-state index contributed by atoms with van der Waals surface area (Å²) in [5.41, 5.74) is 10.1. The summed E-state index contributed by atoms with van der Waals surface area (Å²) in [5.74, 6) is -1.35. The molecule has 9 nitrogen and oxygen atoms in total. The van der Waals surface area contributed by atoms with Crippen LogP contribution in [-0.2, 0) is 9.59 Å². The summed E-state index contributed by atoms with van der Waals surface area (Å²) in [7, 11) is 0. The lowest BCUT2D eigenvalue weighted by Crippen LogP contribution is -2.40. The van der Waals surface area contributed by atoms with Gasteiger partial charge in [0.15, 0.2) is 0 Å². The molecule has 0 spiro atoms. The summed E-state index contributed by atoms with van der Waals surface area (Å²) in [5, 5.41) is -0.132. The normalized spacial score (nSPS) is 10.0. The fraction of sp³-hybridized carbons (Fsp3) is 0.444. The molecular weight excluding hydrogens is 276 g/mol. The number of hydrogen-bond acceptors (Lipinski definition) is 7. The molecule has 0 fully saturated rings. The van der Waals surface area contributed by atoms with Gasteiger partial charge in [0.2, 0.25) is 23.0 Å². The molecule has 0 aromatic carbocycles. The summed E-state index contributed by atoms with van der Waals surface area (Å²) in [6.07, 6.45) is 0. The average Bonchev–Trinajstić information content (AvgIpc) is 2.26. The van der Waals surface area contributed by atoms with Crippen LogP contribution in [-0.4, -0.2) is 46.5 Å². The van der Waals surface area contributed by atoms with Crippen LogP contribution in [0.2, 0.25) is 5.28 Å². The molecule has 1 rings (SSSR count). The lowest BCUT2D eigenvalue weighted by atomic mass is 10.4. The van der Waals surface area contributed by atoms with Gasteiger partial charge < -0.3 is 21.1 Å². The van der Waals surface area contributed by atoms with E-state index in [0.717, 1.165) is 0 Å². The fourth-order valence-electron chi connectivity index (χ4n) is 1.23. The summed E-state index contributed by atoms with van der Waals surface area (Å²) in [6, 6.07) is -0.0172. The topological polar surface area (TPSA) is 137 Å². The average molecular weight is 289 g/mol. The van der Waals surface area contributed by atoms with Crippen LogP contribution in [0, 0.1) is 0 Å². The van der Waals surface area contributed by atoms with E-state index in [0.29, 0.717) is 6.61 Å². The van der Waals surface area contributed by atoms with Crippen molar-refractivity contribution in [1.29, 1.82) is 0 Å². The Labute approximate surface area is 113 Å². The standard InChI is InChI=1S/C9H13ClN6O3/c1-2-19-9-14-7(10)13-8(15-9)16(3-5(11)17)4-6(12)18/h2-4H2,1H3,(H2,11,17)(H2,12,18). The van der Waals surface area contributed by atoms with Gasteiger partial charge in [-0.3, -0.25) is 9.59 Å². The minimum absolute atomic E-state index is 0.0129. The van der Waals surface area contributed by atoms with Crippen molar-refractivity contribution in [2.24, 2.45) is 11.5 Å². The number of nitrogens with two attached hydrogens (primary N) is 2. The minimum Gasteiger partial charge on any atom is -0.464 e. The Morgan fingerprint density at radius 3 is 2.26 bits per heavy atom. The monoisotopic (exact) mass is 288 g/mol. The van der Waals surface area contributed by atoms with E-state index in [1.807, 2.05) is 0 Å². The highest BCUT2D eigenvalue weighted by molar-refractivity contribution is 6.28. The van der Waals surface area contributed by atoms with Crippen LogP contribution in [0.1, 0.15) is 6.92 Å². The molecule has 19 heavy (non-hydrogen) atoms. The molecule has 2 amide bonds. The SMILES string of the molecule is CCOc1nc(Cl)nc(N(CC(N)=O)CC(N)=O)n1. The minimum atomic E-state index is -0.671. The molecular formula is C9H13ClN6O3. The first-order chi connectivity index (χ1) is 8.92. The second kappa shape index (κ2) is 6.69. The van der Waals surface area contributed by atoms with Gasteiger partial charge in [-0.15, -0.1) is 0 Å². The smallest absolute Gasteiger partial charge is 0.322 e. The van der Waals surface area contributed by atoms with Gasteiger partial charge in [-0.2, -0.15) is 15.0 Å². The zero-order valence-electron chi connectivity index (χ0n) is 10.2. The van der Waals surface area contributed by atoms with Gasteiger partial charge in [0.05, 0.1) is 6.61 Å². The first kappa shape index (κ1) is 14.9. The number of ether oxygens (including phenoxy) is 1. The molecule has 0 saturated heterocycles. The van der Waals surface area contributed by atoms with E-state index >= 15 is 0 Å². The molecule has 4 N–H and O–H groups in total. The molecule has 1 aromatic heterocycles. The van der Waals surface area contributed by atoms with Crippen LogP contribution < -0.4 is 21.1 Å². The van der Waals surface area contributed by atoms with Crippen molar-refractivity contribution >= 4 is 29.4 Å². The number of nitrogens with zero attached hydrogens (tertiary/aromatic N) is 4. The highest BCUT2D eigenvalue weighted by Gasteiger charge is 2.17. The molecule has 1 aromatic rings. The summed E-state index contributed by atoms with van der Waals surface area (Å²) >= 11 is 5.70. The molecule has 0 atom stereocenters. The lowest BCUT2D eigenvalue weighted by molar-refractivity contribution is -0.117. The Morgan fingerprint density at radius 2 is 1.79 bits per heavy atom. The number of rotatable bonds is 7. The third-order valence-electron chi connectivity index (χ3n) is 1.83. The highest BCUT2D eigenvalue weighted by Crippen LogP contribution is 2.14. The number of hydrogen-bond donors (Lipinski definition) is 2. The van der Waals surface area contributed by atoms with Gasteiger partial charge in [-0.1, -0.05) is 0 Å². The van der Waals surface area contributed by atoms with Crippen molar-refractivity contribution in [3.63, 3.8) is 0 Å². The Bertz CT molecular complexity index is 467. The van der Waals surface area contributed by atoms with Crippen LogP contribution in [0.3, 0.4) is 0 Å². The van der Waals surface area contributed by atoms with Crippen LogP contribution in [0.4, 0.5) is 5.95 Å². The van der Waals surface area contributed by atoms with E-state index in [2.05, 4.69) is 15.0 Å². The quantitative estimate of drug-likeness (QED) is 0.636. The van der Waals surface area contributed by atoms with E-state index in [9.17, 15) is 9.59 Å². The van der Waals surface area contributed by atoms with Crippen LogP contribution >= 0.6 is 11.6 Å². The van der Waals surface area contributed by atoms with Gasteiger partial charge in [-0.25, -0.2) is 0 Å². The van der Waals surface area contributed by atoms with Gasteiger partial charge in [0.1, 0.15) is 13.1 Å².